The van der Waals surface area contributed by atoms with E-state index < -0.39 is 5.60 Å². The van der Waals surface area contributed by atoms with Crippen molar-refractivity contribution < 1.29 is 9.90 Å². The molecule has 12 heavy (non-hydrogen) atoms. The quantitative estimate of drug-likeness (QED) is 0.634. The molecule has 1 atom stereocenters. The van der Waals surface area contributed by atoms with E-state index in [9.17, 15) is 9.90 Å². The molecular weight excluding hydrogens is 154 g/mol. The van der Waals surface area contributed by atoms with E-state index in [0.29, 0.717) is 25.7 Å². The lowest BCUT2D eigenvalue weighted by atomic mass is 9.77. The Morgan fingerprint density at radius 1 is 1.58 bits per heavy atom. The van der Waals surface area contributed by atoms with Crippen molar-refractivity contribution in [2.75, 3.05) is 0 Å². The van der Waals surface area contributed by atoms with Gasteiger partial charge in [-0.15, -0.1) is 0 Å². The first-order valence-corrected chi connectivity index (χ1v) is 4.22. The fourth-order valence-electron chi connectivity index (χ4n) is 1.51. The van der Waals surface area contributed by atoms with Gasteiger partial charge in [0.1, 0.15) is 5.78 Å². The smallest absolute Gasteiger partial charge is 0.133 e. The average Bonchev–Trinajstić information content (AvgIpc) is 2.09. The number of nitriles is 1. The zero-order valence-corrected chi connectivity index (χ0v) is 7.21. The third-order valence-electron chi connectivity index (χ3n) is 2.67. The summed E-state index contributed by atoms with van der Waals surface area (Å²) in [7, 11) is 0. The summed E-state index contributed by atoms with van der Waals surface area (Å²) >= 11 is 0. The zero-order chi connectivity index (χ0) is 9.19. The molecule has 3 heteroatoms. The van der Waals surface area contributed by atoms with Crippen LogP contribution >= 0.6 is 0 Å². The van der Waals surface area contributed by atoms with Crippen LogP contribution in [0.5, 0.6) is 0 Å². The highest BCUT2D eigenvalue weighted by Gasteiger charge is 2.37. The van der Waals surface area contributed by atoms with Crippen LogP contribution in [0, 0.1) is 17.2 Å². The SMILES string of the molecule is CC(C#N)C1(O)CCC(=O)CC1. The second kappa shape index (κ2) is 3.24. The summed E-state index contributed by atoms with van der Waals surface area (Å²) in [5.41, 5.74) is -0.914. The number of aliphatic hydroxyl groups is 1. The van der Waals surface area contributed by atoms with Crippen LogP contribution < -0.4 is 0 Å². The van der Waals surface area contributed by atoms with E-state index >= 15 is 0 Å². The van der Waals surface area contributed by atoms with Crippen molar-refractivity contribution in [1.29, 1.82) is 5.26 Å². The molecule has 0 bridgehead atoms. The summed E-state index contributed by atoms with van der Waals surface area (Å²) in [6.07, 6.45) is 1.73. The van der Waals surface area contributed by atoms with E-state index in [4.69, 9.17) is 5.26 Å². The van der Waals surface area contributed by atoms with Crippen LogP contribution in [-0.4, -0.2) is 16.5 Å². The Bertz CT molecular complexity index is 219. The first kappa shape index (κ1) is 9.21. The maximum atomic E-state index is 10.9. The molecule has 1 aliphatic rings. The monoisotopic (exact) mass is 167 g/mol. The molecule has 0 radical (unpaired) electrons. The Morgan fingerprint density at radius 3 is 2.50 bits per heavy atom. The average molecular weight is 167 g/mol. The van der Waals surface area contributed by atoms with Crippen LogP contribution in [-0.2, 0) is 4.79 Å². The Morgan fingerprint density at radius 2 is 2.08 bits per heavy atom. The predicted molar refractivity (Wildman–Crippen MR) is 43.2 cm³/mol. The van der Waals surface area contributed by atoms with Crippen molar-refractivity contribution in [2.24, 2.45) is 5.92 Å². The van der Waals surface area contributed by atoms with E-state index in [1.54, 1.807) is 6.92 Å². The van der Waals surface area contributed by atoms with E-state index in [1.807, 2.05) is 6.07 Å². The van der Waals surface area contributed by atoms with Gasteiger partial charge in [0.2, 0.25) is 0 Å². The third-order valence-corrected chi connectivity index (χ3v) is 2.67. The molecule has 1 rings (SSSR count). The minimum absolute atomic E-state index is 0.199. The standard InChI is InChI=1S/C9H13NO2/c1-7(6-10)9(12)4-2-8(11)3-5-9/h7,12H,2-5H2,1H3. The number of hydrogen-bond acceptors (Lipinski definition) is 3. The number of carbonyl (C=O) groups is 1. The summed E-state index contributed by atoms with van der Waals surface area (Å²) in [6.45, 7) is 1.70. The molecule has 1 fully saturated rings. The zero-order valence-electron chi connectivity index (χ0n) is 7.21. The Balaban J connectivity index is 2.63. The van der Waals surface area contributed by atoms with E-state index in [2.05, 4.69) is 0 Å². The van der Waals surface area contributed by atoms with Gasteiger partial charge in [-0.25, -0.2) is 0 Å². The van der Waals surface area contributed by atoms with Crippen molar-refractivity contribution in [3.05, 3.63) is 0 Å². The lowest BCUT2D eigenvalue weighted by Gasteiger charge is -2.33. The van der Waals surface area contributed by atoms with Crippen LogP contribution in [0.1, 0.15) is 32.6 Å². The molecular formula is C9H13NO2. The first-order valence-electron chi connectivity index (χ1n) is 4.22. The summed E-state index contributed by atoms with van der Waals surface area (Å²) in [5, 5.41) is 18.5. The molecule has 0 heterocycles. The first-order chi connectivity index (χ1) is 5.58. The van der Waals surface area contributed by atoms with Crippen LogP contribution in [0.25, 0.3) is 0 Å². The van der Waals surface area contributed by atoms with Crippen molar-refractivity contribution >= 4 is 5.78 Å². The highest BCUT2D eigenvalue weighted by Crippen LogP contribution is 2.32. The fourth-order valence-corrected chi connectivity index (χ4v) is 1.51. The second-order valence-corrected chi connectivity index (χ2v) is 3.49. The molecule has 3 nitrogen and oxygen atoms in total. The molecule has 0 aromatic rings. The molecule has 0 amide bonds. The van der Waals surface area contributed by atoms with Crippen molar-refractivity contribution in [3.8, 4) is 6.07 Å². The van der Waals surface area contributed by atoms with Crippen LogP contribution in [0.2, 0.25) is 0 Å². The Hall–Kier alpha value is -0.880. The molecule has 1 aliphatic carbocycles. The van der Waals surface area contributed by atoms with Gasteiger partial charge in [0.15, 0.2) is 0 Å². The minimum Gasteiger partial charge on any atom is -0.389 e. The fraction of sp³-hybridized carbons (Fsp3) is 0.778. The van der Waals surface area contributed by atoms with E-state index in [1.165, 1.54) is 0 Å². The molecule has 66 valence electrons. The van der Waals surface area contributed by atoms with Gasteiger partial charge in [0.05, 0.1) is 17.6 Å². The normalized spacial score (nSPS) is 24.6. The maximum absolute atomic E-state index is 10.9. The van der Waals surface area contributed by atoms with Crippen LogP contribution in [0.15, 0.2) is 0 Å². The topological polar surface area (TPSA) is 61.1 Å². The largest absolute Gasteiger partial charge is 0.389 e. The molecule has 1 N–H and O–H groups in total. The second-order valence-electron chi connectivity index (χ2n) is 3.49. The van der Waals surface area contributed by atoms with Gasteiger partial charge < -0.3 is 5.11 Å². The summed E-state index contributed by atoms with van der Waals surface area (Å²) < 4.78 is 0. The van der Waals surface area contributed by atoms with Crippen LogP contribution in [0.3, 0.4) is 0 Å². The summed E-state index contributed by atoms with van der Waals surface area (Å²) in [4.78, 5) is 10.9. The maximum Gasteiger partial charge on any atom is 0.133 e. The molecule has 0 saturated heterocycles. The molecule has 1 saturated carbocycles. The van der Waals surface area contributed by atoms with E-state index in [-0.39, 0.29) is 11.7 Å². The number of hydrogen-bond donors (Lipinski definition) is 1. The predicted octanol–water partition coefficient (Wildman–Crippen LogP) is 1.02. The van der Waals surface area contributed by atoms with Crippen LogP contribution in [0.4, 0.5) is 0 Å². The van der Waals surface area contributed by atoms with Gasteiger partial charge in [-0.1, -0.05) is 0 Å². The lowest BCUT2D eigenvalue weighted by Crippen LogP contribution is -2.39. The van der Waals surface area contributed by atoms with Gasteiger partial charge >= 0.3 is 0 Å². The summed E-state index contributed by atoms with van der Waals surface area (Å²) in [5.74, 6) is -0.171. The lowest BCUT2D eigenvalue weighted by molar-refractivity contribution is -0.126. The highest BCUT2D eigenvalue weighted by molar-refractivity contribution is 5.79. The van der Waals surface area contributed by atoms with Gasteiger partial charge in [-0.2, -0.15) is 5.26 Å². The minimum atomic E-state index is -0.914. The molecule has 0 aromatic heterocycles. The number of carbonyl (C=O) groups excluding carboxylic acids is 1. The number of nitrogens with zero attached hydrogens (tertiary/aromatic N) is 1. The molecule has 1 unspecified atom stereocenters. The van der Waals surface area contributed by atoms with Gasteiger partial charge in [0.25, 0.3) is 0 Å². The molecule has 0 spiro atoms. The number of ketones is 1. The van der Waals surface area contributed by atoms with Crippen molar-refractivity contribution in [3.63, 3.8) is 0 Å². The third kappa shape index (κ3) is 1.64. The number of rotatable bonds is 1. The Labute approximate surface area is 72.0 Å². The highest BCUT2D eigenvalue weighted by atomic mass is 16.3. The van der Waals surface area contributed by atoms with Gasteiger partial charge in [0, 0.05) is 12.8 Å². The van der Waals surface area contributed by atoms with E-state index in [0.717, 1.165) is 0 Å². The van der Waals surface area contributed by atoms with Gasteiger partial charge in [-0.3, -0.25) is 4.79 Å². The van der Waals surface area contributed by atoms with Crippen molar-refractivity contribution in [1.82, 2.24) is 0 Å². The molecule has 0 aliphatic heterocycles. The number of Topliss-reactive ketones (excluding diaryl/α,β-unsaturated/α-hetero) is 1. The molecule has 0 aromatic carbocycles. The summed E-state index contributed by atoms with van der Waals surface area (Å²) in [6, 6.07) is 2.03. The van der Waals surface area contributed by atoms with Gasteiger partial charge in [-0.05, 0) is 19.8 Å². The van der Waals surface area contributed by atoms with Crippen molar-refractivity contribution in [2.45, 2.75) is 38.2 Å². The Kier molecular flexibility index (Phi) is 2.49.